The Labute approximate surface area is 308 Å². The molecule has 1 N–H and O–H groups in total. The zero-order valence-corrected chi connectivity index (χ0v) is 31.7. The van der Waals surface area contributed by atoms with E-state index in [-0.39, 0.29) is 18.0 Å². The SMILES string of the molecule is COCC[C@H]1CN(C(=O)c2cccc(C)c2C)CCN1C[C@H](CSC(c1ccccc1)(c1ccccc1)c1ccccc1)NC(=O)OC(C)(C)C. The first-order chi connectivity index (χ1) is 24.5. The van der Waals surface area contributed by atoms with E-state index in [0.717, 1.165) is 23.1 Å². The fraction of sp³-hybridized carbons (Fsp3) is 0.395. The first-order valence-corrected chi connectivity index (χ1v) is 18.9. The molecule has 4 aromatic carbocycles. The van der Waals surface area contributed by atoms with E-state index in [4.69, 9.17) is 9.47 Å². The lowest BCUT2D eigenvalue weighted by molar-refractivity contribution is 0.0331. The van der Waals surface area contributed by atoms with Crippen molar-refractivity contribution in [1.82, 2.24) is 15.1 Å². The summed E-state index contributed by atoms with van der Waals surface area (Å²) in [6, 6.07) is 37.6. The molecule has 2 atom stereocenters. The van der Waals surface area contributed by atoms with Gasteiger partial charge in [0.2, 0.25) is 0 Å². The summed E-state index contributed by atoms with van der Waals surface area (Å²) in [5.41, 5.74) is 5.76. The Morgan fingerprint density at radius 2 is 1.39 bits per heavy atom. The number of aryl methyl sites for hydroxylation is 1. The van der Waals surface area contributed by atoms with E-state index in [1.165, 1.54) is 16.7 Å². The molecule has 270 valence electrons. The van der Waals surface area contributed by atoms with Crippen molar-refractivity contribution in [2.24, 2.45) is 0 Å². The first kappa shape index (κ1) is 38.1. The third-order valence-electron chi connectivity index (χ3n) is 9.60. The van der Waals surface area contributed by atoms with Crippen molar-refractivity contribution in [2.45, 2.75) is 63.5 Å². The Balaban J connectivity index is 1.46. The quantitative estimate of drug-likeness (QED) is 0.142. The van der Waals surface area contributed by atoms with Crippen LogP contribution in [0.5, 0.6) is 0 Å². The largest absolute Gasteiger partial charge is 0.444 e. The van der Waals surface area contributed by atoms with Gasteiger partial charge in [-0.2, -0.15) is 0 Å². The first-order valence-electron chi connectivity index (χ1n) is 17.9. The molecule has 0 bridgehead atoms. The molecular weight excluding hydrogens is 655 g/mol. The highest BCUT2D eigenvalue weighted by Gasteiger charge is 2.39. The number of amides is 2. The van der Waals surface area contributed by atoms with Crippen molar-refractivity contribution >= 4 is 23.8 Å². The van der Waals surface area contributed by atoms with Crippen LogP contribution in [0.2, 0.25) is 0 Å². The lowest BCUT2D eigenvalue weighted by atomic mass is 9.84. The summed E-state index contributed by atoms with van der Waals surface area (Å²) in [6.45, 7) is 12.8. The molecule has 4 aromatic rings. The zero-order chi connectivity index (χ0) is 36.4. The number of carbonyl (C=O) groups is 2. The summed E-state index contributed by atoms with van der Waals surface area (Å²) in [4.78, 5) is 31.6. The predicted octanol–water partition coefficient (Wildman–Crippen LogP) is 8.08. The Bertz CT molecular complexity index is 1620. The van der Waals surface area contributed by atoms with E-state index < -0.39 is 16.4 Å². The minimum atomic E-state index is -0.634. The lowest BCUT2D eigenvalue weighted by Crippen LogP contribution is -2.58. The van der Waals surface area contributed by atoms with Crippen LogP contribution in [0.3, 0.4) is 0 Å². The molecule has 0 radical (unpaired) electrons. The van der Waals surface area contributed by atoms with Crippen LogP contribution in [0.15, 0.2) is 109 Å². The number of methoxy groups -OCH3 is 1. The number of ether oxygens (including phenoxy) is 2. The third kappa shape index (κ3) is 9.61. The molecular formula is C43H53N3O4S. The summed E-state index contributed by atoms with van der Waals surface area (Å²) in [5, 5.41) is 3.26. The van der Waals surface area contributed by atoms with Crippen LogP contribution in [0, 0.1) is 13.8 Å². The molecule has 1 aliphatic rings. The van der Waals surface area contributed by atoms with E-state index in [1.54, 1.807) is 7.11 Å². The van der Waals surface area contributed by atoms with Gasteiger partial charge in [0.1, 0.15) is 5.60 Å². The van der Waals surface area contributed by atoms with Gasteiger partial charge in [0.25, 0.3) is 5.91 Å². The fourth-order valence-corrected chi connectivity index (χ4v) is 8.44. The summed E-state index contributed by atoms with van der Waals surface area (Å²) >= 11 is 1.82. The molecule has 1 heterocycles. The third-order valence-corrected chi connectivity index (χ3v) is 11.3. The Morgan fingerprint density at radius 3 is 1.92 bits per heavy atom. The zero-order valence-electron chi connectivity index (χ0n) is 30.9. The van der Waals surface area contributed by atoms with E-state index >= 15 is 0 Å². The molecule has 0 aliphatic carbocycles. The van der Waals surface area contributed by atoms with Crippen LogP contribution < -0.4 is 5.32 Å². The predicted molar refractivity (Wildman–Crippen MR) is 208 cm³/mol. The summed E-state index contributed by atoms with van der Waals surface area (Å²) in [7, 11) is 1.71. The molecule has 1 saturated heterocycles. The van der Waals surface area contributed by atoms with E-state index in [2.05, 4.69) is 83.0 Å². The minimum absolute atomic E-state index is 0.0582. The summed E-state index contributed by atoms with van der Waals surface area (Å²) in [6.07, 6.45) is 0.330. The number of alkyl carbamates (subject to hydrolysis) is 1. The van der Waals surface area contributed by atoms with Crippen LogP contribution in [-0.2, 0) is 14.2 Å². The van der Waals surface area contributed by atoms with Crippen molar-refractivity contribution in [2.75, 3.05) is 45.6 Å². The highest BCUT2D eigenvalue weighted by atomic mass is 32.2. The number of benzene rings is 4. The highest BCUT2D eigenvalue weighted by molar-refractivity contribution is 8.00. The maximum atomic E-state index is 13.8. The average molecular weight is 708 g/mol. The smallest absolute Gasteiger partial charge is 0.407 e. The maximum Gasteiger partial charge on any atom is 0.407 e. The Hall–Kier alpha value is -4.11. The maximum absolute atomic E-state index is 13.8. The van der Waals surface area contributed by atoms with Crippen LogP contribution in [0.4, 0.5) is 4.79 Å². The number of hydrogen-bond donors (Lipinski definition) is 1. The minimum Gasteiger partial charge on any atom is -0.444 e. The normalized spacial score (nSPS) is 16.0. The number of hydrogen-bond acceptors (Lipinski definition) is 6. The second-order valence-corrected chi connectivity index (χ2v) is 15.6. The van der Waals surface area contributed by atoms with Crippen LogP contribution >= 0.6 is 11.8 Å². The average Bonchev–Trinajstić information content (AvgIpc) is 3.13. The van der Waals surface area contributed by atoms with Crippen molar-refractivity contribution in [3.05, 3.63) is 143 Å². The summed E-state index contributed by atoms with van der Waals surface area (Å²) < 4.78 is 10.8. The van der Waals surface area contributed by atoms with E-state index in [0.29, 0.717) is 38.5 Å². The van der Waals surface area contributed by atoms with E-state index in [9.17, 15) is 9.59 Å². The van der Waals surface area contributed by atoms with Gasteiger partial charge in [-0.1, -0.05) is 103 Å². The molecule has 0 spiro atoms. The lowest BCUT2D eigenvalue weighted by Gasteiger charge is -2.43. The Kier molecular flexibility index (Phi) is 13.0. The molecule has 7 nitrogen and oxygen atoms in total. The van der Waals surface area contributed by atoms with Crippen LogP contribution in [0.1, 0.15) is 65.4 Å². The molecule has 0 saturated carbocycles. The summed E-state index contributed by atoms with van der Waals surface area (Å²) in [5.74, 6) is 0.673. The second kappa shape index (κ2) is 17.4. The van der Waals surface area contributed by atoms with Crippen LogP contribution in [-0.4, -0.2) is 85.1 Å². The number of carbonyl (C=O) groups excluding carboxylic acids is 2. The number of nitrogens with zero attached hydrogens (tertiary/aromatic N) is 2. The van der Waals surface area contributed by atoms with Gasteiger partial charge in [-0.05, 0) is 74.9 Å². The van der Waals surface area contributed by atoms with Crippen molar-refractivity contribution in [3.63, 3.8) is 0 Å². The molecule has 2 amide bonds. The molecule has 5 rings (SSSR count). The molecule has 1 aliphatic heterocycles. The van der Waals surface area contributed by atoms with Crippen LogP contribution in [0.25, 0.3) is 0 Å². The van der Waals surface area contributed by atoms with Crippen molar-refractivity contribution in [3.8, 4) is 0 Å². The van der Waals surface area contributed by atoms with Gasteiger partial charge in [0.05, 0.1) is 10.8 Å². The van der Waals surface area contributed by atoms with Gasteiger partial charge in [0, 0.05) is 57.3 Å². The van der Waals surface area contributed by atoms with Gasteiger partial charge < -0.3 is 19.7 Å². The molecule has 0 aromatic heterocycles. The number of thioether (sulfide) groups is 1. The topological polar surface area (TPSA) is 71.1 Å². The number of rotatable bonds is 13. The van der Waals surface area contributed by atoms with Crippen molar-refractivity contribution < 1.29 is 19.1 Å². The standard InChI is InChI=1S/C43H53N3O4S/c1-32-17-16-24-39(33(32)2)40(47)46-27-26-45(38(30-46)25-28-49-6)29-37(44-41(48)50-42(3,4)5)31-51-43(34-18-10-7-11-19-34,35-20-12-8-13-21-35)36-22-14-9-15-23-36/h7-24,37-38H,25-31H2,1-6H3,(H,44,48)/t37-,38+/m1/s1. The van der Waals surface area contributed by atoms with Gasteiger partial charge in [-0.25, -0.2) is 4.79 Å². The fourth-order valence-electron chi connectivity index (χ4n) is 6.89. The monoisotopic (exact) mass is 707 g/mol. The van der Waals surface area contributed by atoms with E-state index in [1.807, 2.05) is 87.7 Å². The second-order valence-electron chi connectivity index (χ2n) is 14.4. The Morgan fingerprint density at radius 1 is 0.824 bits per heavy atom. The number of piperazine rings is 1. The highest BCUT2D eigenvalue weighted by Crippen LogP contribution is 2.48. The molecule has 8 heteroatoms. The molecule has 51 heavy (non-hydrogen) atoms. The number of nitrogens with one attached hydrogen (secondary N) is 1. The van der Waals surface area contributed by atoms with Crippen molar-refractivity contribution in [1.29, 1.82) is 0 Å². The van der Waals surface area contributed by atoms with Gasteiger partial charge in [-0.3, -0.25) is 9.69 Å². The molecule has 0 unspecified atom stereocenters. The van der Waals surface area contributed by atoms with Gasteiger partial charge in [0.15, 0.2) is 0 Å². The molecule has 1 fully saturated rings. The van der Waals surface area contributed by atoms with Gasteiger partial charge in [-0.15, -0.1) is 11.8 Å². The van der Waals surface area contributed by atoms with Gasteiger partial charge >= 0.3 is 6.09 Å².